The van der Waals surface area contributed by atoms with E-state index in [4.69, 9.17) is 14.2 Å². The SMILES string of the molecule is CCC[C@@H](O)[C@@H](C)C(=O)[C@H](C)COC(=O)c1ccc(OC)c(OC)c1. The largest absolute Gasteiger partial charge is 0.493 e. The molecule has 0 amide bonds. The quantitative estimate of drug-likeness (QED) is 0.652. The molecule has 0 heterocycles. The van der Waals surface area contributed by atoms with Crippen LogP contribution >= 0.6 is 0 Å². The van der Waals surface area contributed by atoms with Crippen molar-refractivity contribution in [1.29, 1.82) is 0 Å². The van der Waals surface area contributed by atoms with Crippen molar-refractivity contribution in [3.63, 3.8) is 0 Å². The fraction of sp³-hybridized carbons (Fsp3) is 0.579. The molecule has 0 spiro atoms. The maximum absolute atomic E-state index is 12.3. The van der Waals surface area contributed by atoms with Gasteiger partial charge in [0.1, 0.15) is 12.4 Å². The second kappa shape index (κ2) is 10.0. The number of Topliss-reactive ketones (excluding diaryl/α,β-unsaturated/α-hetero) is 1. The van der Waals surface area contributed by atoms with Crippen LogP contribution in [0.25, 0.3) is 0 Å². The highest BCUT2D eigenvalue weighted by Crippen LogP contribution is 2.28. The van der Waals surface area contributed by atoms with Crippen molar-refractivity contribution in [3.8, 4) is 11.5 Å². The first-order chi connectivity index (χ1) is 11.8. The zero-order valence-corrected chi connectivity index (χ0v) is 15.6. The predicted molar refractivity (Wildman–Crippen MR) is 94.1 cm³/mol. The Morgan fingerprint density at radius 3 is 2.32 bits per heavy atom. The fourth-order valence-corrected chi connectivity index (χ4v) is 2.51. The lowest BCUT2D eigenvalue weighted by molar-refractivity contribution is -0.130. The van der Waals surface area contributed by atoms with Crippen LogP contribution in [0.4, 0.5) is 0 Å². The van der Waals surface area contributed by atoms with Gasteiger partial charge in [0.05, 0.1) is 25.9 Å². The number of rotatable bonds is 10. The van der Waals surface area contributed by atoms with E-state index in [2.05, 4.69) is 0 Å². The van der Waals surface area contributed by atoms with E-state index in [1.807, 2.05) is 6.92 Å². The van der Waals surface area contributed by atoms with Crippen LogP contribution in [0.3, 0.4) is 0 Å². The molecular weight excluding hydrogens is 324 g/mol. The van der Waals surface area contributed by atoms with Crippen molar-refractivity contribution in [2.24, 2.45) is 11.8 Å². The number of carbonyl (C=O) groups is 2. The van der Waals surface area contributed by atoms with Gasteiger partial charge in [-0.05, 0) is 24.6 Å². The van der Waals surface area contributed by atoms with Gasteiger partial charge >= 0.3 is 5.97 Å². The minimum Gasteiger partial charge on any atom is -0.493 e. The lowest BCUT2D eigenvalue weighted by Gasteiger charge is -2.20. The summed E-state index contributed by atoms with van der Waals surface area (Å²) in [6.07, 6.45) is 0.716. The minimum atomic E-state index is -0.665. The molecule has 0 saturated heterocycles. The molecule has 25 heavy (non-hydrogen) atoms. The van der Waals surface area contributed by atoms with E-state index in [9.17, 15) is 14.7 Å². The van der Waals surface area contributed by atoms with Gasteiger partial charge in [-0.2, -0.15) is 0 Å². The van der Waals surface area contributed by atoms with Crippen molar-refractivity contribution in [1.82, 2.24) is 0 Å². The van der Waals surface area contributed by atoms with Gasteiger partial charge in [0, 0.05) is 11.8 Å². The summed E-state index contributed by atoms with van der Waals surface area (Å²) in [4.78, 5) is 24.5. The van der Waals surface area contributed by atoms with E-state index in [1.165, 1.54) is 20.3 Å². The first-order valence-electron chi connectivity index (χ1n) is 8.46. The Balaban J connectivity index is 2.65. The van der Waals surface area contributed by atoms with Crippen LogP contribution in [0, 0.1) is 11.8 Å². The number of hydrogen-bond donors (Lipinski definition) is 1. The summed E-state index contributed by atoms with van der Waals surface area (Å²) in [6.45, 7) is 5.32. The summed E-state index contributed by atoms with van der Waals surface area (Å²) in [5.74, 6) is -0.664. The van der Waals surface area contributed by atoms with E-state index in [0.29, 0.717) is 23.5 Å². The van der Waals surface area contributed by atoms with Crippen LogP contribution in [-0.4, -0.2) is 43.8 Å². The number of carbonyl (C=O) groups excluding carboxylic acids is 2. The highest BCUT2D eigenvalue weighted by atomic mass is 16.5. The van der Waals surface area contributed by atoms with Crippen LogP contribution < -0.4 is 9.47 Å². The Morgan fingerprint density at radius 1 is 1.12 bits per heavy atom. The lowest BCUT2D eigenvalue weighted by atomic mass is 9.89. The summed E-state index contributed by atoms with van der Waals surface area (Å²) in [6, 6.07) is 4.72. The second-order valence-electron chi connectivity index (χ2n) is 6.12. The average Bonchev–Trinajstić information content (AvgIpc) is 2.63. The molecule has 0 unspecified atom stereocenters. The van der Waals surface area contributed by atoms with Crippen LogP contribution in [0.1, 0.15) is 44.0 Å². The molecule has 1 rings (SSSR count). The third-order valence-electron chi connectivity index (χ3n) is 4.18. The van der Waals surface area contributed by atoms with Gasteiger partial charge in [0.2, 0.25) is 0 Å². The minimum absolute atomic E-state index is 0.0325. The summed E-state index contributed by atoms with van der Waals surface area (Å²) in [5.41, 5.74) is 0.316. The average molecular weight is 352 g/mol. The van der Waals surface area contributed by atoms with Crippen LogP contribution in [0.5, 0.6) is 11.5 Å². The van der Waals surface area contributed by atoms with Crippen LogP contribution in [0.2, 0.25) is 0 Å². The van der Waals surface area contributed by atoms with Gasteiger partial charge in [-0.3, -0.25) is 4.79 Å². The van der Waals surface area contributed by atoms with E-state index in [-0.39, 0.29) is 12.4 Å². The number of ether oxygens (including phenoxy) is 3. The molecular formula is C19H28O6. The zero-order valence-electron chi connectivity index (χ0n) is 15.6. The fourth-order valence-electron chi connectivity index (χ4n) is 2.51. The summed E-state index contributed by atoms with van der Waals surface area (Å²) < 4.78 is 15.5. The molecule has 140 valence electrons. The molecule has 0 aliphatic heterocycles. The molecule has 0 aromatic heterocycles. The Bertz CT molecular complexity index is 583. The molecule has 0 radical (unpaired) electrons. The summed E-state index contributed by atoms with van der Waals surface area (Å²) in [7, 11) is 2.99. The van der Waals surface area contributed by atoms with E-state index in [1.54, 1.807) is 26.0 Å². The second-order valence-corrected chi connectivity index (χ2v) is 6.12. The topological polar surface area (TPSA) is 82.1 Å². The first-order valence-corrected chi connectivity index (χ1v) is 8.46. The maximum atomic E-state index is 12.3. The summed E-state index contributed by atoms with van der Waals surface area (Å²) >= 11 is 0. The number of methoxy groups -OCH3 is 2. The van der Waals surface area contributed by atoms with E-state index >= 15 is 0 Å². The molecule has 1 N–H and O–H groups in total. The van der Waals surface area contributed by atoms with Crippen molar-refractivity contribution in [2.45, 2.75) is 39.7 Å². The van der Waals surface area contributed by atoms with Gasteiger partial charge in [-0.15, -0.1) is 0 Å². The Kier molecular flexibility index (Phi) is 8.41. The van der Waals surface area contributed by atoms with Gasteiger partial charge in [-0.25, -0.2) is 4.79 Å². The number of hydrogen-bond acceptors (Lipinski definition) is 6. The standard InChI is InChI=1S/C19H28O6/c1-6-7-15(20)13(3)18(21)12(2)11-25-19(22)14-8-9-16(23-4)17(10-14)24-5/h8-10,12-13,15,20H,6-7,11H2,1-5H3/t12-,13-,15-/m1/s1. The first kappa shape index (κ1) is 21.0. The number of aliphatic hydroxyl groups is 1. The molecule has 0 aliphatic carbocycles. The van der Waals surface area contributed by atoms with E-state index in [0.717, 1.165) is 6.42 Å². The molecule has 0 saturated carbocycles. The molecule has 0 fully saturated rings. The van der Waals surface area contributed by atoms with Crippen molar-refractivity contribution in [2.75, 3.05) is 20.8 Å². The number of benzene rings is 1. The van der Waals surface area contributed by atoms with Crippen LogP contribution in [-0.2, 0) is 9.53 Å². The molecule has 1 aromatic rings. The van der Waals surface area contributed by atoms with Gasteiger partial charge < -0.3 is 19.3 Å². The molecule has 6 heteroatoms. The molecule has 3 atom stereocenters. The molecule has 0 aliphatic rings. The maximum Gasteiger partial charge on any atom is 0.338 e. The Morgan fingerprint density at radius 2 is 1.76 bits per heavy atom. The monoisotopic (exact) mass is 352 g/mol. The lowest BCUT2D eigenvalue weighted by Crippen LogP contribution is -2.32. The third kappa shape index (κ3) is 5.74. The van der Waals surface area contributed by atoms with Crippen LogP contribution in [0.15, 0.2) is 18.2 Å². The number of esters is 1. The van der Waals surface area contributed by atoms with Gasteiger partial charge in [-0.1, -0.05) is 27.2 Å². The molecule has 0 bridgehead atoms. The van der Waals surface area contributed by atoms with Gasteiger partial charge in [0.25, 0.3) is 0 Å². The highest BCUT2D eigenvalue weighted by Gasteiger charge is 2.26. The zero-order chi connectivity index (χ0) is 19.0. The number of ketones is 1. The van der Waals surface area contributed by atoms with Crippen molar-refractivity contribution < 1.29 is 28.9 Å². The Labute approximate surface area is 149 Å². The number of aliphatic hydroxyl groups excluding tert-OH is 1. The third-order valence-corrected chi connectivity index (χ3v) is 4.18. The normalized spacial score (nSPS) is 14.3. The smallest absolute Gasteiger partial charge is 0.338 e. The van der Waals surface area contributed by atoms with Crippen molar-refractivity contribution in [3.05, 3.63) is 23.8 Å². The highest BCUT2D eigenvalue weighted by molar-refractivity contribution is 5.90. The Hall–Kier alpha value is -2.08. The van der Waals surface area contributed by atoms with Gasteiger partial charge in [0.15, 0.2) is 11.5 Å². The van der Waals surface area contributed by atoms with E-state index < -0.39 is 23.9 Å². The molecule has 6 nitrogen and oxygen atoms in total. The molecule has 1 aromatic carbocycles. The predicted octanol–water partition coefficient (Wildman–Crippen LogP) is 2.86. The summed E-state index contributed by atoms with van der Waals surface area (Å²) in [5, 5.41) is 9.95. The van der Waals surface area contributed by atoms with Crippen molar-refractivity contribution >= 4 is 11.8 Å².